The lowest BCUT2D eigenvalue weighted by molar-refractivity contribution is -0.384. The van der Waals surface area contributed by atoms with E-state index >= 15 is 0 Å². The molecule has 1 fully saturated rings. The molecule has 0 aliphatic carbocycles. The third-order valence-electron chi connectivity index (χ3n) is 5.95. The van der Waals surface area contributed by atoms with Gasteiger partial charge in [0.25, 0.3) is 11.5 Å². The smallest absolute Gasteiger partial charge is 0.301 e. The molecule has 10 nitrogen and oxygen atoms in total. The maximum Gasteiger partial charge on any atom is 0.301 e. The van der Waals surface area contributed by atoms with Crippen molar-refractivity contribution in [2.24, 2.45) is 0 Å². The molecule has 11 heteroatoms. The molecule has 36 heavy (non-hydrogen) atoms. The number of hydrogen-bond acceptors (Lipinski definition) is 9. The number of ketones is 1. The fourth-order valence-corrected chi connectivity index (χ4v) is 5.29. The maximum absolute atomic E-state index is 13.3. The molecule has 1 unspecified atom stereocenters. The summed E-state index contributed by atoms with van der Waals surface area (Å²) in [6.45, 7) is 3.37. The molecule has 1 atom stereocenters. The summed E-state index contributed by atoms with van der Waals surface area (Å²) < 4.78 is 11.2. The van der Waals surface area contributed by atoms with Crippen LogP contribution in [-0.4, -0.2) is 33.8 Å². The van der Waals surface area contributed by atoms with Gasteiger partial charge in [-0.2, -0.15) is 0 Å². The third kappa shape index (κ3) is 3.69. The SMILES string of the molecule is COc1ccc(C2/C(=C(\O)c3cc(C)oc3C)C(=O)C(=O)N2c2nc3ccc([N+](=O)[O-])cc3s2)cc1. The molecule has 2 aromatic carbocycles. The number of fused-ring (bicyclic) bond motifs is 1. The van der Waals surface area contributed by atoms with E-state index in [1.807, 2.05) is 0 Å². The van der Waals surface area contributed by atoms with Crippen molar-refractivity contribution in [3.8, 4) is 5.75 Å². The van der Waals surface area contributed by atoms with Crippen LogP contribution in [0, 0.1) is 24.0 Å². The second-order valence-corrected chi connectivity index (χ2v) is 9.18. The van der Waals surface area contributed by atoms with Crippen LogP contribution in [0.1, 0.15) is 28.7 Å². The number of nitro benzene ring substituents is 1. The number of aliphatic hydroxyl groups is 1. The number of benzene rings is 2. The van der Waals surface area contributed by atoms with Gasteiger partial charge < -0.3 is 14.3 Å². The Hall–Kier alpha value is -4.51. The quantitative estimate of drug-likeness (QED) is 0.131. The lowest BCUT2D eigenvalue weighted by Gasteiger charge is -2.23. The van der Waals surface area contributed by atoms with Crippen molar-refractivity contribution in [1.82, 2.24) is 4.98 Å². The Morgan fingerprint density at radius 2 is 1.89 bits per heavy atom. The molecule has 0 radical (unpaired) electrons. The highest BCUT2D eigenvalue weighted by atomic mass is 32.1. The van der Waals surface area contributed by atoms with Gasteiger partial charge in [-0.1, -0.05) is 23.5 Å². The molecule has 1 amide bonds. The number of thiazole rings is 1. The largest absolute Gasteiger partial charge is 0.507 e. The molecule has 4 aromatic rings. The van der Waals surface area contributed by atoms with Crippen LogP contribution in [-0.2, 0) is 9.59 Å². The topological polar surface area (TPSA) is 136 Å². The van der Waals surface area contributed by atoms with Crippen molar-refractivity contribution in [1.29, 1.82) is 0 Å². The predicted octanol–water partition coefficient (Wildman–Crippen LogP) is 5.05. The second kappa shape index (κ2) is 8.61. The van der Waals surface area contributed by atoms with E-state index in [9.17, 15) is 24.8 Å². The Bertz CT molecular complexity index is 1580. The monoisotopic (exact) mass is 505 g/mol. The number of hydrogen-bond donors (Lipinski definition) is 1. The minimum Gasteiger partial charge on any atom is -0.507 e. The number of anilines is 1. The highest BCUT2D eigenvalue weighted by Crippen LogP contribution is 2.45. The fraction of sp³-hybridized carbons (Fsp3) is 0.160. The number of nitrogens with zero attached hydrogens (tertiary/aromatic N) is 3. The van der Waals surface area contributed by atoms with Crippen LogP contribution in [0.2, 0.25) is 0 Å². The molecule has 3 heterocycles. The summed E-state index contributed by atoms with van der Waals surface area (Å²) in [6.07, 6.45) is 0. The maximum atomic E-state index is 13.3. The van der Waals surface area contributed by atoms with Gasteiger partial charge in [-0.25, -0.2) is 4.98 Å². The number of nitro groups is 1. The fourth-order valence-electron chi connectivity index (χ4n) is 4.26. The van der Waals surface area contributed by atoms with Crippen molar-refractivity contribution < 1.29 is 28.8 Å². The second-order valence-electron chi connectivity index (χ2n) is 8.17. The average Bonchev–Trinajstić information content (AvgIpc) is 3.51. The number of furan rings is 1. The summed E-state index contributed by atoms with van der Waals surface area (Å²) in [6, 6.07) is 11.5. The van der Waals surface area contributed by atoms with Crippen molar-refractivity contribution in [3.63, 3.8) is 0 Å². The van der Waals surface area contributed by atoms with Crippen molar-refractivity contribution in [3.05, 3.63) is 86.9 Å². The minimum absolute atomic E-state index is 0.112. The first-order chi connectivity index (χ1) is 17.2. The number of ether oxygens (including phenoxy) is 1. The zero-order valence-electron chi connectivity index (χ0n) is 19.3. The van der Waals surface area contributed by atoms with Gasteiger partial charge in [-0.15, -0.1) is 0 Å². The number of carbonyl (C=O) groups excluding carboxylic acids is 2. The molecule has 5 rings (SSSR count). The number of Topliss-reactive ketones (excluding diaryl/α,β-unsaturated/α-hetero) is 1. The summed E-state index contributed by atoms with van der Waals surface area (Å²) in [7, 11) is 1.52. The summed E-state index contributed by atoms with van der Waals surface area (Å²) in [5, 5.41) is 22.6. The van der Waals surface area contributed by atoms with Gasteiger partial charge in [0.05, 0.1) is 39.4 Å². The molecule has 1 saturated heterocycles. The molecule has 1 N–H and O–H groups in total. The first kappa shape index (κ1) is 23.2. The van der Waals surface area contributed by atoms with Gasteiger partial charge in [0.1, 0.15) is 23.0 Å². The minimum atomic E-state index is -0.999. The van der Waals surface area contributed by atoms with Crippen LogP contribution in [0.15, 0.2) is 58.5 Å². The van der Waals surface area contributed by atoms with Crippen LogP contribution in [0.5, 0.6) is 5.75 Å². The Kier molecular flexibility index (Phi) is 5.56. The van der Waals surface area contributed by atoms with E-state index in [0.717, 1.165) is 11.3 Å². The standard InChI is InChI=1S/C25H19N3O7S/c1-12-10-17(13(2)35-12)22(29)20-21(14-4-7-16(34-3)8-5-14)27(24(31)23(20)30)25-26-18-9-6-15(28(32)33)11-19(18)36-25/h4-11,21,29H,1-3H3/b22-20+. The highest BCUT2D eigenvalue weighted by Gasteiger charge is 2.48. The molecular formula is C25H19N3O7S. The molecule has 2 aromatic heterocycles. The molecular weight excluding hydrogens is 486 g/mol. The number of aromatic nitrogens is 1. The number of aryl methyl sites for hydroxylation is 2. The van der Waals surface area contributed by atoms with E-state index in [1.165, 1.54) is 30.2 Å². The van der Waals surface area contributed by atoms with Crippen molar-refractivity contribution in [2.75, 3.05) is 12.0 Å². The number of amides is 1. The number of carbonyl (C=O) groups is 2. The van der Waals surface area contributed by atoms with E-state index in [2.05, 4.69) is 4.98 Å². The molecule has 1 aliphatic rings. The van der Waals surface area contributed by atoms with E-state index in [0.29, 0.717) is 38.6 Å². The van der Waals surface area contributed by atoms with E-state index < -0.39 is 22.7 Å². The lowest BCUT2D eigenvalue weighted by atomic mass is 9.95. The molecule has 0 bridgehead atoms. The van der Waals surface area contributed by atoms with Gasteiger partial charge in [0.15, 0.2) is 5.13 Å². The van der Waals surface area contributed by atoms with E-state index in [4.69, 9.17) is 9.15 Å². The van der Waals surface area contributed by atoms with Crippen LogP contribution in [0.25, 0.3) is 16.0 Å². The summed E-state index contributed by atoms with van der Waals surface area (Å²) >= 11 is 1.04. The Balaban J connectivity index is 1.72. The Labute approximate surface area is 208 Å². The normalized spacial score (nSPS) is 17.2. The van der Waals surface area contributed by atoms with Gasteiger partial charge >= 0.3 is 5.91 Å². The van der Waals surface area contributed by atoms with Crippen LogP contribution >= 0.6 is 11.3 Å². The zero-order valence-corrected chi connectivity index (χ0v) is 20.2. The number of non-ortho nitro benzene ring substituents is 1. The average molecular weight is 506 g/mol. The van der Waals surface area contributed by atoms with Gasteiger partial charge in [0, 0.05) is 12.1 Å². The van der Waals surface area contributed by atoms with Gasteiger partial charge in [-0.3, -0.25) is 24.6 Å². The summed E-state index contributed by atoms with van der Waals surface area (Å²) in [5.41, 5.74) is 1.07. The predicted molar refractivity (Wildman–Crippen MR) is 132 cm³/mol. The number of rotatable bonds is 5. The number of methoxy groups -OCH3 is 1. The summed E-state index contributed by atoms with van der Waals surface area (Å²) in [4.78, 5) is 43.0. The highest BCUT2D eigenvalue weighted by molar-refractivity contribution is 7.22. The lowest BCUT2D eigenvalue weighted by Crippen LogP contribution is -2.29. The Morgan fingerprint density at radius 3 is 2.50 bits per heavy atom. The Morgan fingerprint density at radius 1 is 1.17 bits per heavy atom. The summed E-state index contributed by atoms with van der Waals surface area (Å²) in [5.74, 6) is -0.596. The van der Waals surface area contributed by atoms with Gasteiger partial charge in [0.2, 0.25) is 0 Å². The molecule has 182 valence electrons. The molecule has 0 spiro atoms. The van der Waals surface area contributed by atoms with E-state index in [1.54, 1.807) is 44.2 Å². The van der Waals surface area contributed by atoms with Crippen LogP contribution in [0.4, 0.5) is 10.8 Å². The van der Waals surface area contributed by atoms with Crippen molar-refractivity contribution in [2.45, 2.75) is 19.9 Å². The zero-order chi connectivity index (χ0) is 25.7. The van der Waals surface area contributed by atoms with Gasteiger partial charge in [-0.05, 0) is 43.7 Å². The molecule has 0 saturated carbocycles. The first-order valence-electron chi connectivity index (χ1n) is 10.8. The van der Waals surface area contributed by atoms with E-state index in [-0.39, 0.29) is 22.2 Å². The van der Waals surface area contributed by atoms with Crippen LogP contribution < -0.4 is 9.64 Å². The molecule has 1 aliphatic heterocycles. The first-order valence-corrected chi connectivity index (χ1v) is 11.6. The van der Waals surface area contributed by atoms with Crippen molar-refractivity contribution >= 4 is 49.8 Å². The number of aliphatic hydroxyl groups excluding tert-OH is 1. The third-order valence-corrected chi connectivity index (χ3v) is 6.97. The van der Waals surface area contributed by atoms with Crippen LogP contribution in [0.3, 0.4) is 0 Å².